The van der Waals surface area contributed by atoms with Gasteiger partial charge in [0.2, 0.25) is 5.91 Å². The number of carbonyl (C=O) groups excluding carboxylic acids is 1. The summed E-state index contributed by atoms with van der Waals surface area (Å²) in [7, 11) is 5.56. The molecule has 1 aromatic carbocycles. The van der Waals surface area contributed by atoms with E-state index in [-0.39, 0.29) is 5.91 Å². The van der Waals surface area contributed by atoms with E-state index in [9.17, 15) is 4.79 Å². The Morgan fingerprint density at radius 1 is 1.40 bits per heavy atom. The summed E-state index contributed by atoms with van der Waals surface area (Å²) >= 11 is 0. The van der Waals surface area contributed by atoms with Gasteiger partial charge in [0.15, 0.2) is 0 Å². The highest BCUT2D eigenvalue weighted by atomic mass is 16.5. The number of hydrogen-bond acceptors (Lipinski definition) is 4. The van der Waals surface area contributed by atoms with E-state index in [1.165, 1.54) is 0 Å². The first-order chi connectivity index (χ1) is 9.52. The third-order valence-electron chi connectivity index (χ3n) is 2.86. The van der Waals surface area contributed by atoms with Crippen LogP contribution in [0, 0.1) is 0 Å². The van der Waals surface area contributed by atoms with Crippen LogP contribution in [0.3, 0.4) is 0 Å². The van der Waals surface area contributed by atoms with E-state index in [0.29, 0.717) is 13.2 Å². The SMILES string of the molecule is COc1cccc(CO[C@@H](C)C(=O)NCCN(C)C)c1. The first-order valence-electron chi connectivity index (χ1n) is 6.70. The molecule has 1 aromatic rings. The van der Waals surface area contributed by atoms with Gasteiger partial charge >= 0.3 is 0 Å². The number of amides is 1. The fraction of sp³-hybridized carbons (Fsp3) is 0.533. The number of rotatable bonds is 8. The standard InChI is InChI=1S/C15H24N2O3/c1-12(15(18)16-8-9-17(2)3)20-11-13-6-5-7-14(10-13)19-4/h5-7,10,12H,8-9,11H2,1-4H3,(H,16,18)/t12-/m0/s1. The summed E-state index contributed by atoms with van der Waals surface area (Å²) in [6.45, 7) is 3.58. The van der Waals surface area contributed by atoms with Crippen molar-refractivity contribution in [3.05, 3.63) is 29.8 Å². The van der Waals surface area contributed by atoms with Gasteiger partial charge in [0.25, 0.3) is 0 Å². The zero-order chi connectivity index (χ0) is 15.0. The molecule has 1 atom stereocenters. The maximum atomic E-state index is 11.8. The van der Waals surface area contributed by atoms with Crippen molar-refractivity contribution in [2.75, 3.05) is 34.3 Å². The Labute approximate surface area is 120 Å². The van der Waals surface area contributed by atoms with Crippen LogP contribution in [0.25, 0.3) is 0 Å². The normalized spacial score (nSPS) is 12.2. The maximum absolute atomic E-state index is 11.8. The van der Waals surface area contributed by atoms with Crippen LogP contribution in [0.5, 0.6) is 5.75 Å². The van der Waals surface area contributed by atoms with Crippen LogP contribution in [-0.4, -0.2) is 51.2 Å². The van der Waals surface area contributed by atoms with Gasteiger partial charge in [-0.25, -0.2) is 0 Å². The number of likely N-dealkylation sites (N-methyl/N-ethyl adjacent to an activating group) is 1. The lowest BCUT2D eigenvalue weighted by molar-refractivity contribution is -0.132. The minimum Gasteiger partial charge on any atom is -0.497 e. The predicted molar refractivity (Wildman–Crippen MR) is 78.8 cm³/mol. The highest BCUT2D eigenvalue weighted by Gasteiger charge is 2.12. The Bertz CT molecular complexity index is 421. The molecule has 0 heterocycles. The molecule has 1 rings (SSSR count). The zero-order valence-corrected chi connectivity index (χ0v) is 12.7. The van der Waals surface area contributed by atoms with E-state index in [2.05, 4.69) is 5.32 Å². The minimum atomic E-state index is -0.469. The van der Waals surface area contributed by atoms with Crippen molar-refractivity contribution >= 4 is 5.91 Å². The molecule has 0 unspecified atom stereocenters. The topological polar surface area (TPSA) is 50.8 Å². The molecule has 20 heavy (non-hydrogen) atoms. The van der Waals surface area contributed by atoms with Crippen LogP contribution in [0.4, 0.5) is 0 Å². The number of carbonyl (C=O) groups is 1. The molecule has 5 heteroatoms. The third kappa shape index (κ3) is 6.04. The molecule has 112 valence electrons. The van der Waals surface area contributed by atoms with Crippen molar-refractivity contribution < 1.29 is 14.3 Å². The number of benzene rings is 1. The van der Waals surface area contributed by atoms with Crippen molar-refractivity contribution in [2.45, 2.75) is 19.6 Å². The summed E-state index contributed by atoms with van der Waals surface area (Å²) in [6, 6.07) is 7.62. The summed E-state index contributed by atoms with van der Waals surface area (Å²) < 4.78 is 10.7. The van der Waals surface area contributed by atoms with E-state index in [4.69, 9.17) is 9.47 Å². The highest BCUT2D eigenvalue weighted by molar-refractivity contribution is 5.80. The summed E-state index contributed by atoms with van der Waals surface area (Å²) in [6.07, 6.45) is -0.469. The second-order valence-electron chi connectivity index (χ2n) is 4.90. The number of methoxy groups -OCH3 is 1. The van der Waals surface area contributed by atoms with Gasteiger partial charge in [-0.1, -0.05) is 12.1 Å². The quantitative estimate of drug-likeness (QED) is 0.779. The number of hydrogen-bond donors (Lipinski definition) is 1. The molecule has 0 aromatic heterocycles. The molecule has 0 spiro atoms. The predicted octanol–water partition coefficient (Wildman–Crippen LogP) is 1.28. The molecule has 1 amide bonds. The van der Waals surface area contributed by atoms with Crippen molar-refractivity contribution in [1.29, 1.82) is 0 Å². The van der Waals surface area contributed by atoms with E-state index >= 15 is 0 Å². The largest absolute Gasteiger partial charge is 0.497 e. The van der Waals surface area contributed by atoms with Crippen LogP contribution in [0.2, 0.25) is 0 Å². The fourth-order valence-electron chi connectivity index (χ4n) is 1.61. The van der Waals surface area contributed by atoms with Crippen molar-refractivity contribution in [3.63, 3.8) is 0 Å². The van der Waals surface area contributed by atoms with Crippen LogP contribution in [0.1, 0.15) is 12.5 Å². The van der Waals surface area contributed by atoms with E-state index in [1.807, 2.05) is 43.3 Å². The van der Waals surface area contributed by atoms with Crippen molar-refractivity contribution in [2.24, 2.45) is 0 Å². The molecule has 0 saturated heterocycles. The zero-order valence-electron chi connectivity index (χ0n) is 12.7. The molecule has 0 aliphatic rings. The van der Waals surface area contributed by atoms with Gasteiger partial charge in [0, 0.05) is 13.1 Å². The second-order valence-corrected chi connectivity index (χ2v) is 4.90. The fourth-order valence-corrected chi connectivity index (χ4v) is 1.61. The lowest BCUT2D eigenvalue weighted by atomic mass is 10.2. The van der Waals surface area contributed by atoms with E-state index < -0.39 is 6.10 Å². The average molecular weight is 280 g/mol. The van der Waals surface area contributed by atoms with Gasteiger partial charge in [-0.15, -0.1) is 0 Å². The van der Waals surface area contributed by atoms with Gasteiger partial charge in [0.05, 0.1) is 13.7 Å². The monoisotopic (exact) mass is 280 g/mol. The Morgan fingerprint density at radius 3 is 2.80 bits per heavy atom. The molecule has 0 saturated carbocycles. The Balaban J connectivity index is 2.34. The highest BCUT2D eigenvalue weighted by Crippen LogP contribution is 2.13. The summed E-state index contributed by atoms with van der Waals surface area (Å²) in [5.41, 5.74) is 0.984. The molecule has 1 N–H and O–H groups in total. The van der Waals surface area contributed by atoms with Crippen molar-refractivity contribution in [3.8, 4) is 5.75 Å². The summed E-state index contributed by atoms with van der Waals surface area (Å²) in [4.78, 5) is 13.8. The lowest BCUT2D eigenvalue weighted by Crippen LogP contribution is -2.38. The van der Waals surface area contributed by atoms with E-state index in [1.54, 1.807) is 14.0 Å². The van der Waals surface area contributed by atoms with Gasteiger partial charge in [-0.2, -0.15) is 0 Å². The molecule has 0 radical (unpaired) electrons. The third-order valence-corrected chi connectivity index (χ3v) is 2.86. The number of nitrogens with zero attached hydrogens (tertiary/aromatic N) is 1. The van der Waals surface area contributed by atoms with Gasteiger partial charge in [0.1, 0.15) is 11.9 Å². The van der Waals surface area contributed by atoms with Crippen LogP contribution in [0.15, 0.2) is 24.3 Å². The second kappa shape index (κ2) is 8.55. The van der Waals surface area contributed by atoms with Gasteiger partial charge in [-0.3, -0.25) is 4.79 Å². The number of nitrogens with one attached hydrogen (secondary N) is 1. The van der Waals surface area contributed by atoms with E-state index in [0.717, 1.165) is 17.9 Å². The van der Waals surface area contributed by atoms with Crippen LogP contribution in [-0.2, 0) is 16.1 Å². The maximum Gasteiger partial charge on any atom is 0.248 e. The Kier molecular flexibility index (Phi) is 7.04. The first-order valence-corrected chi connectivity index (χ1v) is 6.70. The molecule has 0 fully saturated rings. The van der Waals surface area contributed by atoms with Gasteiger partial charge in [-0.05, 0) is 38.7 Å². The van der Waals surface area contributed by atoms with Crippen molar-refractivity contribution in [1.82, 2.24) is 10.2 Å². The molecule has 0 aliphatic heterocycles. The Hall–Kier alpha value is -1.59. The van der Waals surface area contributed by atoms with Crippen LogP contribution < -0.4 is 10.1 Å². The molecular formula is C15H24N2O3. The first kappa shape index (κ1) is 16.5. The lowest BCUT2D eigenvalue weighted by Gasteiger charge is -2.15. The van der Waals surface area contributed by atoms with Crippen LogP contribution >= 0.6 is 0 Å². The molecule has 5 nitrogen and oxygen atoms in total. The molecular weight excluding hydrogens is 256 g/mol. The number of ether oxygens (including phenoxy) is 2. The van der Waals surface area contributed by atoms with Gasteiger partial charge < -0.3 is 19.7 Å². The summed E-state index contributed by atoms with van der Waals surface area (Å²) in [5.74, 6) is 0.698. The molecule has 0 aliphatic carbocycles. The molecule has 0 bridgehead atoms. The Morgan fingerprint density at radius 2 is 2.15 bits per heavy atom. The summed E-state index contributed by atoms with van der Waals surface area (Å²) in [5, 5.41) is 2.84. The smallest absolute Gasteiger partial charge is 0.248 e. The minimum absolute atomic E-state index is 0.0882. The average Bonchev–Trinajstić information content (AvgIpc) is 2.44.